The Morgan fingerprint density at radius 3 is 3.22 bits per heavy atom. The van der Waals surface area contributed by atoms with Crippen molar-refractivity contribution in [2.45, 2.75) is 12.5 Å². The Hall–Kier alpha value is -1.66. The lowest BCUT2D eigenvalue weighted by Gasteiger charge is -2.08. The van der Waals surface area contributed by atoms with Crippen molar-refractivity contribution in [2.75, 3.05) is 13.1 Å². The minimum atomic E-state index is -0.109. The summed E-state index contributed by atoms with van der Waals surface area (Å²) >= 11 is 1.62. The average molecular weight is 262 g/mol. The number of hydrogen-bond donors (Lipinski definition) is 3. The zero-order chi connectivity index (χ0) is 12.4. The predicted octanol–water partition coefficient (Wildman–Crippen LogP) is 1.23. The second-order valence-corrected chi connectivity index (χ2v) is 5.26. The molecule has 0 aliphatic carbocycles. The van der Waals surface area contributed by atoms with E-state index >= 15 is 0 Å². The normalized spacial score (nSPS) is 19.0. The van der Waals surface area contributed by atoms with E-state index < -0.39 is 0 Å². The van der Waals surface area contributed by atoms with E-state index in [2.05, 4.69) is 20.8 Å². The number of nitrogens with zero attached hydrogens (tertiary/aromatic N) is 1. The monoisotopic (exact) mass is 262 g/mol. The van der Waals surface area contributed by atoms with Gasteiger partial charge in [-0.3, -0.25) is 9.89 Å². The van der Waals surface area contributed by atoms with Gasteiger partial charge in [0.05, 0.1) is 10.6 Å². The number of carbonyl (C=O) groups is 1. The molecule has 1 fully saturated rings. The molecule has 3 heterocycles. The number of hydrogen-bond acceptors (Lipinski definition) is 4. The van der Waals surface area contributed by atoms with Crippen LogP contribution in [0, 0.1) is 0 Å². The van der Waals surface area contributed by atoms with E-state index in [1.165, 1.54) is 0 Å². The molecule has 1 unspecified atom stereocenters. The molecule has 0 spiro atoms. The third-order valence-electron chi connectivity index (χ3n) is 2.99. The van der Waals surface area contributed by atoms with Crippen LogP contribution in [0.5, 0.6) is 0 Å². The van der Waals surface area contributed by atoms with E-state index in [0.717, 1.165) is 30.1 Å². The van der Waals surface area contributed by atoms with Crippen LogP contribution in [0.25, 0.3) is 10.6 Å². The van der Waals surface area contributed by atoms with Crippen molar-refractivity contribution in [2.24, 2.45) is 0 Å². The highest BCUT2D eigenvalue weighted by atomic mass is 32.1. The Morgan fingerprint density at radius 2 is 2.50 bits per heavy atom. The highest BCUT2D eigenvalue weighted by Gasteiger charge is 2.19. The van der Waals surface area contributed by atoms with Crippen molar-refractivity contribution in [3.8, 4) is 10.6 Å². The Kier molecular flexibility index (Phi) is 3.12. The lowest BCUT2D eigenvalue weighted by Crippen LogP contribution is -2.36. The average Bonchev–Trinajstić information content (AvgIpc) is 3.11. The first-order valence-electron chi connectivity index (χ1n) is 5.94. The van der Waals surface area contributed by atoms with Crippen molar-refractivity contribution >= 4 is 17.2 Å². The largest absolute Gasteiger partial charge is 0.347 e. The van der Waals surface area contributed by atoms with Gasteiger partial charge in [0, 0.05) is 12.6 Å². The van der Waals surface area contributed by atoms with E-state index in [4.69, 9.17) is 0 Å². The van der Waals surface area contributed by atoms with Crippen LogP contribution in [-0.2, 0) is 0 Å². The molecular weight excluding hydrogens is 248 g/mol. The lowest BCUT2D eigenvalue weighted by molar-refractivity contribution is 0.0935. The van der Waals surface area contributed by atoms with Gasteiger partial charge in [-0.25, -0.2) is 0 Å². The van der Waals surface area contributed by atoms with Crippen LogP contribution in [0.4, 0.5) is 0 Å². The maximum Gasteiger partial charge on any atom is 0.272 e. The van der Waals surface area contributed by atoms with Gasteiger partial charge in [0.15, 0.2) is 5.69 Å². The summed E-state index contributed by atoms with van der Waals surface area (Å²) < 4.78 is 0. The summed E-state index contributed by atoms with van der Waals surface area (Å²) in [6.07, 6.45) is 0.980. The molecule has 1 amide bonds. The Morgan fingerprint density at radius 1 is 1.56 bits per heavy atom. The number of aromatic nitrogens is 2. The molecule has 18 heavy (non-hydrogen) atoms. The Labute approximate surface area is 109 Å². The molecule has 5 nitrogen and oxygen atoms in total. The van der Waals surface area contributed by atoms with Crippen LogP contribution >= 0.6 is 11.3 Å². The molecule has 0 bridgehead atoms. The number of nitrogens with one attached hydrogen (secondary N) is 3. The number of H-pyrrole nitrogens is 1. The quantitative estimate of drug-likeness (QED) is 0.779. The summed E-state index contributed by atoms with van der Waals surface area (Å²) in [6, 6.07) is 5.99. The van der Waals surface area contributed by atoms with Gasteiger partial charge in [-0.2, -0.15) is 5.10 Å². The summed E-state index contributed by atoms with van der Waals surface area (Å²) in [5.74, 6) is -0.109. The highest BCUT2D eigenvalue weighted by molar-refractivity contribution is 7.13. The molecular formula is C12H14N4OS. The first-order chi connectivity index (χ1) is 8.83. The number of thiophene rings is 1. The molecule has 1 aliphatic heterocycles. The summed E-state index contributed by atoms with van der Waals surface area (Å²) in [7, 11) is 0. The van der Waals surface area contributed by atoms with E-state index in [1.54, 1.807) is 17.4 Å². The van der Waals surface area contributed by atoms with E-state index in [9.17, 15) is 4.79 Å². The second kappa shape index (κ2) is 4.91. The third-order valence-corrected chi connectivity index (χ3v) is 3.90. The molecule has 0 saturated carbocycles. The predicted molar refractivity (Wildman–Crippen MR) is 70.6 cm³/mol. The summed E-state index contributed by atoms with van der Waals surface area (Å²) in [6.45, 7) is 1.81. The van der Waals surface area contributed by atoms with Crippen LogP contribution in [0.1, 0.15) is 16.9 Å². The highest BCUT2D eigenvalue weighted by Crippen LogP contribution is 2.22. The molecule has 0 aromatic carbocycles. The molecule has 2 aromatic rings. The summed E-state index contributed by atoms with van der Waals surface area (Å²) in [5.41, 5.74) is 1.34. The number of rotatable bonds is 3. The van der Waals surface area contributed by atoms with Gasteiger partial charge in [-0.15, -0.1) is 11.3 Å². The third kappa shape index (κ3) is 2.30. The smallest absolute Gasteiger partial charge is 0.272 e. The SMILES string of the molecule is O=C(NC1CCNC1)c1cc(-c2cccs2)[nH]n1. The molecule has 6 heteroatoms. The maximum atomic E-state index is 12.0. The Balaban J connectivity index is 1.70. The van der Waals surface area contributed by atoms with Crippen LogP contribution in [0.3, 0.4) is 0 Å². The van der Waals surface area contributed by atoms with E-state index in [0.29, 0.717) is 5.69 Å². The zero-order valence-electron chi connectivity index (χ0n) is 9.77. The molecule has 0 radical (unpaired) electrons. The van der Waals surface area contributed by atoms with Crippen LogP contribution in [0.2, 0.25) is 0 Å². The molecule has 94 valence electrons. The zero-order valence-corrected chi connectivity index (χ0v) is 10.6. The second-order valence-electron chi connectivity index (χ2n) is 4.31. The van der Waals surface area contributed by atoms with Gasteiger partial charge in [0.25, 0.3) is 5.91 Å². The van der Waals surface area contributed by atoms with Crippen LogP contribution in [0.15, 0.2) is 23.6 Å². The minimum absolute atomic E-state index is 0.109. The Bertz CT molecular complexity index is 528. The van der Waals surface area contributed by atoms with Gasteiger partial charge in [-0.05, 0) is 30.5 Å². The van der Waals surface area contributed by atoms with Gasteiger partial charge >= 0.3 is 0 Å². The molecule has 1 atom stereocenters. The standard InChI is InChI=1S/C12H14N4OS/c17-12(14-8-3-4-13-7-8)10-6-9(15-16-10)11-2-1-5-18-11/h1-2,5-6,8,13H,3-4,7H2,(H,14,17)(H,15,16). The van der Waals surface area contributed by atoms with E-state index in [-0.39, 0.29) is 11.9 Å². The van der Waals surface area contributed by atoms with Crippen molar-refractivity contribution in [3.05, 3.63) is 29.3 Å². The molecule has 1 aliphatic rings. The summed E-state index contributed by atoms with van der Waals surface area (Å²) in [4.78, 5) is 13.1. The first kappa shape index (κ1) is 11.4. The van der Waals surface area contributed by atoms with Crippen LogP contribution in [-0.4, -0.2) is 35.2 Å². The van der Waals surface area contributed by atoms with Gasteiger partial charge < -0.3 is 10.6 Å². The fraction of sp³-hybridized carbons (Fsp3) is 0.333. The van der Waals surface area contributed by atoms with Crippen LogP contribution < -0.4 is 10.6 Å². The molecule has 1 saturated heterocycles. The lowest BCUT2D eigenvalue weighted by atomic mass is 10.2. The summed E-state index contributed by atoms with van der Waals surface area (Å²) in [5, 5.41) is 15.2. The first-order valence-corrected chi connectivity index (χ1v) is 6.82. The van der Waals surface area contributed by atoms with Crippen molar-refractivity contribution in [3.63, 3.8) is 0 Å². The van der Waals surface area contributed by atoms with Crippen molar-refractivity contribution in [1.82, 2.24) is 20.8 Å². The fourth-order valence-corrected chi connectivity index (χ4v) is 2.73. The minimum Gasteiger partial charge on any atom is -0.347 e. The van der Waals surface area contributed by atoms with Crippen molar-refractivity contribution < 1.29 is 4.79 Å². The van der Waals surface area contributed by atoms with Gasteiger partial charge in [-0.1, -0.05) is 6.07 Å². The number of carbonyl (C=O) groups excluding carboxylic acids is 1. The van der Waals surface area contributed by atoms with Crippen molar-refractivity contribution in [1.29, 1.82) is 0 Å². The topological polar surface area (TPSA) is 69.8 Å². The fourth-order valence-electron chi connectivity index (χ4n) is 2.03. The maximum absolute atomic E-state index is 12.0. The number of amides is 1. The molecule has 3 N–H and O–H groups in total. The van der Waals surface area contributed by atoms with E-state index in [1.807, 2.05) is 17.5 Å². The number of aromatic amines is 1. The molecule has 3 rings (SSSR count). The van der Waals surface area contributed by atoms with Gasteiger partial charge in [0.2, 0.25) is 0 Å². The van der Waals surface area contributed by atoms with Gasteiger partial charge in [0.1, 0.15) is 0 Å². The molecule has 2 aromatic heterocycles.